The molecule has 0 radical (unpaired) electrons. The lowest BCUT2D eigenvalue weighted by Crippen LogP contribution is -2.32. The molecule has 1 rings (SSSR count). The van der Waals surface area contributed by atoms with E-state index in [0.29, 0.717) is 5.56 Å². The van der Waals surface area contributed by atoms with Gasteiger partial charge in [-0.05, 0) is 44.9 Å². The van der Waals surface area contributed by atoms with E-state index in [1.54, 1.807) is 6.07 Å². The second-order valence-corrected chi connectivity index (χ2v) is 5.13. The molecular weight excluding hydrogens is 237 g/mol. The van der Waals surface area contributed by atoms with Crippen molar-refractivity contribution >= 4 is 5.97 Å². The molecule has 18 heavy (non-hydrogen) atoms. The summed E-state index contributed by atoms with van der Waals surface area (Å²) in [6, 6.07) is 3.33. The molecule has 5 heteroatoms. The van der Waals surface area contributed by atoms with Gasteiger partial charge >= 0.3 is 5.97 Å². The maximum absolute atomic E-state index is 13.7. The molecule has 0 amide bonds. The predicted molar refractivity (Wildman–Crippen MR) is 66.1 cm³/mol. The minimum Gasteiger partial charge on any atom is -0.485 e. The fraction of sp³-hybridized carbons (Fsp3) is 0.462. The molecule has 1 atom stereocenters. The molecule has 0 aliphatic heterocycles. The summed E-state index contributed by atoms with van der Waals surface area (Å²) in [5.41, 5.74) is 5.43. The standard InChI is InChI=1S/C13H18FNO3/c1-13(2,3)18-11-5-4-8(6-9(11)14)7-10(15)12(16)17/h4-6,10H,7,15H2,1-3H3,(H,16,17)/t10-/m0/s1. The number of hydrogen-bond acceptors (Lipinski definition) is 3. The fourth-order valence-corrected chi connectivity index (χ4v) is 1.43. The first-order chi connectivity index (χ1) is 8.19. The lowest BCUT2D eigenvalue weighted by molar-refractivity contribution is -0.138. The summed E-state index contributed by atoms with van der Waals surface area (Å²) < 4.78 is 19.1. The highest BCUT2D eigenvalue weighted by Gasteiger charge is 2.17. The Kier molecular flexibility index (Phi) is 4.29. The van der Waals surface area contributed by atoms with Gasteiger partial charge in [-0.2, -0.15) is 0 Å². The Balaban J connectivity index is 2.83. The summed E-state index contributed by atoms with van der Waals surface area (Å²) in [5, 5.41) is 8.68. The number of halogens is 1. The van der Waals surface area contributed by atoms with E-state index in [4.69, 9.17) is 15.6 Å². The zero-order chi connectivity index (χ0) is 13.9. The number of carboxylic acids is 1. The molecule has 0 unspecified atom stereocenters. The molecule has 100 valence electrons. The van der Waals surface area contributed by atoms with Gasteiger partial charge < -0.3 is 15.6 Å². The summed E-state index contributed by atoms with van der Waals surface area (Å²) in [6.45, 7) is 5.46. The van der Waals surface area contributed by atoms with Crippen molar-refractivity contribution in [1.29, 1.82) is 0 Å². The van der Waals surface area contributed by atoms with Crippen LogP contribution in [0.5, 0.6) is 5.75 Å². The van der Waals surface area contributed by atoms with Gasteiger partial charge in [0.25, 0.3) is 0 Å². The van der Waals surface area contributed by atoms with Crippen molar-refractivity contribution in [1.82, 2.24) is 0 Å². The van der Waals surface area contributed by atoms with Gasteiger partial charge in [-0.3, -0.25) is 4.79 Å². The third-order valence-electron chi connectivity index (χ3n) is 2.19. The molecule has 0 aromatic heterocycles. The minimum atomic E-state index is -1.11. The van der Waals surface area contributed by atoms with Crippen molar-refractivity contribution in [3.05, 3.63) is 29.6 Å². The SMILES string of the molecule is CC(C)(C)Oc1ccc(C[C@H](N)C(=O)O)cc1F. The van der Waals surface area contributed by atoms with Crippen molar-refractivity contribution in [2.75, 3.05) is 0 Å². The van der Waals surface area contributed by atoms with Gasteiger partial charge in [0.05, 0.1) is 0 Å². The van der Waals surface area contributed by atoms with Gasteiger partial charge in [0, 0.05) is 0 Å². The molecule has 4 nitrogen and oxygen atoms in total. The lowest BCUT2D eigenvalue weighted by atomic mass is 10.1. The van der Waals surface area contributed by atoms with E-state index in [9.17, 15) is 9.18 Å². The summed E-state index contributed by atoms with van der Waals surface area (Å²) >= 11 is 0. The monoisotopic (exact) mass is 255 g/mol. The molecule has 0 spiro atoms. The van der Waals surface area contributed by atoms with Crippen LogP contribution >= 0.6 is 0 Å². The molecule has 0 saturated heterocycles. The predicted octanol–water partition coefficient (Wildman–Crippen LogP) is 1.96. The first kappa shape index (κ1) is 14.4. The molecule has 0 aliphatic rings. The molecule has 1 aromatic carbocycles. The summed E-state index contributed by atoms with van der Waals surface area (Å²) in [7, 11) is 0. The van der Waals surface area contributed by atoms with Gasteiger partial charge in [-0.1, -0.05) is 6.07 Å². The van der Waals surface area contributed by atoms with Crippen LogP contribution in [0.2, 0.25) is 0 Å². The Morgan fingerprint density at radius 2 is 2.11 bits per heavy atom. The average molecular weight is 255 g/mol. The number of aliphatic carboxylic acids is 1. The quantitative estimate of drug-likeness (QED) is 0.862. The molecule has 0 heterocycles. The van der Waals surface area contributed by atoms with E-state index in [2.05, 4.69) is 0 Å². The highest BCUT2D eigenvalue weighted by molar-refractivity contribution is 5.73. The second kappa shape index (κ2) is 5.35. The lowest BCUT2D eigenvalue weighted by Gasteiger charge is -2.21. The highest BCUT2D eigenvalue weighted by Crippen LogP contribution is 2.23. The average Bonchev–Trinajstić information content (AvgIpc) is 2.20. The fourth-order valence-electron chi connectivity index (χ4n) is 1.43. The zero-order valence-electron chi connectivity index (χ0n) is 10.7. The Morgan fingerprint density at radius 3 is 2.56 bits per heavy atom. The number of nitrogens with two attached hydrogens (primary N) is 1. The Morgan fingerprint density at radius 1 is 1.50 bits per heavy atom. The molecule has 0 aliphatic carbocycles. The number of ether oxygens (including phenoxy) is 1. The van der Waals surface area contributed by atoms with Crippen LogP contribution < -0.4 is 10.5 Å². The Labute approximate surface area is 106 Å². The topological polar surface area (TPSA) is 72.5 Å². The van der Waals surface area contributed by atoms with Crippen molar-refractivity contribution in [2.24, 2.45) is 5.73 Å². The number of benzene rings is 1. The van der Waals surface area contributed by atoms with Crippen LogP contribution in [0, 0.1) is 5.82 Å². The highest BCUT2D eigenvalue weighted by atomic mass is 19.1. The van der Waals surface area contributed by atoms with E-state index in [0.717, 1.165) is 0 Å². The van der Waals surface area contributed by atoms with Crippen molar-refractivity contribution in [3.8, 4) is 5.75 Å². The van der Waals surface area contributed by atoms with E-state index < -0.39 is 23.4 Å². The van der Waals surface area contributed by atoms with Crippen LogP contribution in [0.3, 0.4) is 0 Å². The van der Waals surface area contributed by atoms with Crippen molar-refractivity contribution in [2.45, 2.75) is 38.8 Å². The Bertz CT molecular complexity index is 440. The zero-order valence-corrected chi connectivity index (χ0v) is 10.7. The van der Waals surface area contributed by atoms with Crippen LogP contribution in [-0.2, 0) is 11.2 Å². The summed E-state index contributed by atoms with van der Waals surface area (Å²) in [5.74, 6) is -1.47. The second-order valence-electron chi connectivity index (χ2n) is 5.13. The maximum atomic E-state index is 13.7. The smallest absolute Gasteiger partial charge is 0.320 e. The number of carboxylic acid groups (broad SMARTS) is 1. The van der Waals surface area contributed by atoms with Crippen molar-refractivity contribution in [3.63, 3.8) is 0 Å². The third kappa shape index (κ3) is 4.33. The van der Waals surface area contributed by atoms with E-state index >= 15 is 0 Å². The van der Waals surface area contributed by atoms with E-state index in [-0.39, 0.29) is 12.2 Å². The van der Waals surface area contributed by atoms with Gasteiger partial charge in [0.1, 0.15) is 11.6 Å². The van der Waals surface area contributed by atoms with Gasteiger partial charge in [-0.25, -0.2) is 4.39 Å². The summed E-state index contributed by atoms with van der Waals surface area (Å²) in [4.78, 5) is 10.6. The third-order valence-corrected chi connectivity index (χ3v) is 2.19. The van der Waals surface area contributed by atoms with Gasteiger partial charge in [0.15, 0.2) is 11.6 Å². The summed E-state index contributed by atoms with van der Waals surface area (Å²) in [6.07, 6.45) is 0.0854. The molecule has 0 fully saturated rings. The van der Waals surface area contributed by atoms with E-state index in [1.807, 2.05) is 20.8 Å². The minimum absolute atomic E-state index is 0.0854. The largest absolute Gasteiger partial charge is 0.485 e. The molecule has 3 N–H and O–H groups in total. The molecular formula is C13H18FNO3. The van der Waals surface area contributed by atoms with Crippen molar-refractivity contribution < 1.29 is 19.0 Å². The van der Waals surface area contributed by atoms with Crippen LogP contribution in [-0.4, -0.2) is 22.7 Å². The van der Waals surface area contributed by atoms with E-state index in [1.165, 1.54) is 12.1 Å². The van der Waals surface area contributed by atoms with Gasteiger partial charge in [-0.15, -0.1) is 0 Å². The number of carbonyl (C=O) groups is 1. The number of hydrogen-bond donors (Lipinski definition) is 2. The van der Waals surface area contributed by atoms with Crippen LogP contribution in [0.25, 0.3) is 0 Å². The first-order valence-corrected chi connectivity index (χ1v) is 5.65. The Hall–Kier alpha value is -1.62. The molecule has 0 bridgehead atoms. The van der Waals surface area contributed by atoms with Crippen LogP contribution in [0.1, 0.15) is 26.3 Å². The van der Waals surface area contributed by atoms with Crippen LogP contribution in [0.4, 0.5) is 4.39 Å². The molecule has 1 aromatic rings. The van der Waals surface area contributed by atoms with Crippen LogP contribution in [0.15, 0.2) is 18.2 Å². The first-order valence-electron chi connectivity index (χ1n) is 5.65. The molecule has 0 saturated carbocycles. The maximum Gasteiger partial charge on any atom is 0.320 e. The normalized spacial score (nSPS) is 13.2. The number of rotatable bonds is 4. The van der Waals surface area contributed by atoms with Gasteiger partial charge in [0.2, 0.25) is 0 Å².